The van der Waals surface area contributed by atoms with Crippen molar-refractivity contribution >= 4 is 28.5 Å². The molecule has 3 N–H and O–H groups in total. The number of ether oxygens (including phenoxy) is 2. The molecule has 0 atom stereocenters. The van der Waals surface area contributed by atoms with Crippen LogP contribution in [0.5, 0.6) is 11.5 Å². The predicted octanol–water partition coefficient (Wildman–Crippen LogP) is 3.68. The van der Waals surface area contributed by atoms with Gasteiger partial charge >= 0.3 is 0 Å². The van der Waals surface area contributed by atoms with Crippen molar-refractivity contribution in [2.75, 3.05) is 26.3 Å². The van der Waals surface area contributed by atoms with E-state index in [0.29, 0.717) is 60.0 Å². The van der Waals surface area contributed by atoms with E-state index in [0.717, 1.165) is 29.5 Å². The lowest BCUT2D eigenvalue weighted by molar-refractivity contribution is -0.00585. The van der Waals surface area contributed by atoms with Crippen LogP contribution >= 0.6 is 0 Å². The zero-order valence-electron chi connectivity index (χ0n) is 24.0. The number of pyridine rings is 3. The quantitative estimate of drug-likeness (QED) is 0.326. The number of nitrogens with zero attached hydrogens (tertiary/aromatic N) is 4. The molecule has 11 nitrogen and oxygen atoms in total. The number of fused-ring (bicyclic) bond motifs is 2. The number of aliphatic hydroxyl groups is 1. The molecule has 0 unspecified atom stereocenters. The van der Waals surface area contributed by atoms with Crippen LogP contribution in [0, 0.1) is 0 Å². The molecule has 0 radical (unpaired) electrons. The van der Waals surface area contributed by atoms with Gasteiger partial charge in [-0.1, -0.05) is 6.07 Å². The zero-order chi connectivity index (χ0) is 30.4. The van der Waals surface area contributed by atoms with Gasteiger partial charge in [0.2, 0.25) is 5.91 Å². The van der Waals surface area contributed by atoms with Crippen LogP contribution in [-0.2, 0) is 0 Å². The van der Waals surface area contributed by atoms with Crippen molar-refractivity contribution in [1.29, 1.82) is 0 Å². The molecule has 44 heavy (non-hydrogen) atoms. The Morgan fingerprint density at radius 1 is 1.09 bits per heavy atom. The number of carbonyl (C=O) groups is 3. The van der Waals surface area contributed by atoms with Crippen molar-refractivity contribution in [3.63, 3.8) is 0 Å². The minimum Gasteiger partial charge on any atom is -0.490 e. The first-order valence-corrected chi connectivity index (χ1v) is 14.8. The number of hydrogen-bond acceptors (Lipinski definition) is 9. The maximum Gasteiger partial charge on any atom is 0.272 e. The molecule has 1 saturated heterocycles. The molecule has 1 spiro atoms. The Labute approximate surface area is 253 Å². The highest BCUT2D eigenvalue weighted by Gasteiger charge is 2.44. The maximum atomic E-state index is 13.7. The molecule has 1 aliphatic carbocycles. The van der Waals surface area contributed by atoms with Gasteiger partial charge < -0.3 is 25.2 Å². The fraction of sp³-hybridized carbons (Fsp3) is 0.333. The van der Waals surface area contributed by atoms with E-state index in [2.05, 4.69) is 9.97 Å². The molecule has 2 fully saturated rings. The molecular weight excluding hydrogens is 562 g/mol. The Morgan fingerprint density at radius 3 is 2.66 bits per heavy atom. The monoisotopic (exact) mass is 593 g/mol. The van der Waals surface area contributed by atoms with Crippen LogP contribution in [0.2, 0.25) is 0 Å². The molecule has 1 saturated carbocycles. The van der Waals surface area contributed by atoms with Crippen LogP contribution in [0.3, 0.4) is 0 Å². The smallest absolute Gasteiger partial charge is 0.272 e. The van der Waals surface area contributed by atoms with Crippen molar-refractivity contribution in [2.45, 2.75) is 43.6 Å². The lowest BCUT2D eigenvalue weighted by Gasteiger charge is -2.44. The van der Waals surface area contributed by atoms with Crippen molar-refractivity contribution < 1.29 is 29.0 Å². The summed E-state index contributed by atoms with van der Waals surface area (Å²) >= 11 is 0. The maximum absolute atomic E-state index is 13.7. The third-order valence-electron chi connectivity index (χ3n) is 8.66. The first-order chi connectivity index (χ1) is 21.3. The standard InChI is InChI=1S/C33H31N5O6/c34-31(41)22-13-21(17-35-18-22)20-3-4-27-24(14-20)26(40)16-33(44-27)6-9-38(10-7-33)32(42)25-15-28(43-12-11-39)23-5-8-36-29(19-1-2-19)30(23)37-25/h3-5,8,13-15,17-19,39H,1-2,6-7,9-12,16H2,(H2,34,41). The second-order valence-corrected chi connectivity index (χ2v) is 11.7. The molecule has 11 heteroatoms. The number of rotatable bonds is 7. The van der Waals surface area contributed by atoms with E-state index in [1.54, 1.807) is 41.6 Å². The Bertz CT molecular complexity index is 1810. The number of aliphatic hydroxyl groups excluding tert-OH is 1. The molecule has 1 aromatic carbocycles. The third-order valence-corrected chi connectivity index (χ3v) is 8.66. The normalized spacial score (nSPS) is 17.3. The van der Waals surface area contributed by atoms with E-state index < -0.39 is 11.5 Å². The van der Waals surface area contributed by atoms with E-state index in [1.165, 1.54) is 6.20 Å². The number of nitrogens with two attached hydrogens (primary N) is 1. The van der Waals surface area contributed by atoms with Crippen molar-refractivity contribution in [3.8, 4) is 22.6 Å². The SMILES string of the molecule is NC(=O)c1cncc(-c2ccc3c(c2)C(=O)CC2(CCN(C(=O)c4cc(OCCO)c5ccnc(C6CC6)c5n4)CC2)O3)c1. The summed E-state index contributed by atoms with van der Waals surface area (Å²) in [6.07, 6.45) is 8.02. The number of primary amides is 1. The molecule has 4 aromatic rings. The van der Waals surface area contributed by atoms with Gasteiger partial charge in [-0.2, -0.15) is 0 Å². The summed E-state index contributed by atoms with van der Waals surface area (Å²) in [6, 6.07) is 10.5. The molecule has 0 bridgehead atoms. The van der Waals surface area contributed by atoms with E-state index >= 15 is 0 Å². The number of likely N-dealkylation sites (tertiary alicyclic amines) is 1. The van der Waals surface area contributed by atoms with Crippen molar-refractivity contribution in [3.05, 3.63) is 77.5 Å². The fourth-order valence-electron chi connectivity index (χ4n) is 6.15. The second-order valence-electron chi connectivity index (χ2n) is 11.7. The summed E-state index contributed by atoms with van der Waals surface area (Å²) in [5, 5.41) is 10.1. The average Bonchev–Trinajstić information content (AvgIpc) is 3.89. The minimum absolute atomic E-state index is 0.0335. The predicted molar refractivity (Wildman–Crippen MR) is 160 cm³/mol. The Balaban J connectivity index is 1.10. The molecular formula is C33H31N5O6. The van der Waals surface area contributed by atoms with Crippen LogP contribution in [0.4, 0.5) is 0 Å². The van der Waals surface area contributed by atoms with Crippen molar-refractivity contribution in [2.24, 2.45) is 5.73 Å². The molecule has 2 aliphatic heterocycles. The fourth-order valence-corrected chi connectivity index (χ4v) is 6.15. The number of hydrogen-bond donors (Lipinski definition) is 2. The lowest BCUT2D eigenvalue weighted by atomic mass is 9.82. The number of piperidine rings is 1. The van der Waals surface area contributed by atoms with E-state index in [4.69, 9.17) is 20.2 Å². The first kappa shape index (κ1) is 27.9. The summed E-state index contributed by atoms with van der Waals surface area (Å²) in [6.45, 7) is 0.760. The Kier molecular flexibility index (Phi) is 6.97. The molecule has 3 aromatic heterocycles. The Morgan fingerprint density at radius 2 is 1.91 bits per heavy atom. The van der Waals surface area contributed by atoms with Crippen LogP contribution in [0.1, 0.15) is 74.9 Å². The van der Waals surface area contributed by atoms with Crippen LogP contribution in [-0.4, -0.2) is 74.5 Å². The van der Waals surface area contributed by atoms with Gasteiger partial charge in [0.1, 0.15) is 29.4 Å². The number of benzene rings is 1. The van der Waals surface area contributed by atoms with E-state index in [-0.39, 0.29) is 42.6 Å². The highest BCUT2D eigenvalue weighted by atomic mass is 16.5. The molecule has 2 amide bonds. The topological polar surface area (TPSA) is 158 Å². The number of Topliss-reactive ketones (excluding diaryl/α,β-unsaturated/α-hetero) is 1. The van der Waals surface area contributed by atoms with Gasteiger partial charge in [0.15, 0.2) is 5.78 Å². The lowest BCUT2D eigenvalue weighted by Crippen LogP contribution is -2.52. The minimum atomic E-state index is -0.703. The molecule has 5 heterocycles. The van der Waals surface area contributed by atoms with Gasteiger partial charge in [-0.05, 0) is 42.7 Å². The van der Waals surface area contributed by atoms with E-state index in [9.17, 15) is 19.5 Å². The van der Waals surface area contributed by atoms with Gasteiger partial charge in [0.05, 0.1) is 35.4 Å². The molecule has 3 aliphatic rings. The van der Waals surface area contributed by atoms with Gasteiger partial charge in [-0.3, -0.25) is 24.4 Å². The van der Waals surface area contributed by atoms with Crippen LogP contribution in [0.25, 0.3) is 22.0 Å². The summed E-state index contributed by atoms with van der Waals surface area (Å²) in [5.41, 5.74) is 8.68. The number of ketones is 1. The summed E-state index contributed by atoms with van der Waals surface area (Å²) in [4.78, 5) is 53.9. The van der Waals surface area contributed by atoms with Gasteiger partial charge in [0.25, 0.3) is 5.91 Å². The summed E-state index contributed by atoms with van der Waals surface area (Å²) in [5.74, 6) is 0.503. The largest absolute Gasteiger partial charge is 0.490 e. The molecule has 224 valence electrons. The highest BCUT2D eigenvalue weighted by Crippen LogP contribution is 2.43. The number of carbonyl (C=O) groups excluding carboxylic acids is 3. The number of aromatic nitrogens is 3. The van der Waals surface area contributed by atoms with Crippen molar-refractivity contribution in [1.82, 2.24) is 19.9 Å². The van der Waals surface area contributed by atoms with Gasteiger partial charge in [-0.15, -0.1) is 0 Å². The summed E-state index contributed by atoms with van der Waals surface area (Å²) < 4.78 is 12.3. The van der Waals surface area contributed by atoms with E-state index in [1.807, 2.05) is 12.1 Å². The van der Waals surface area contributed by atoms with Crippen LogP contribution < -0.4 is 15.2 Å². The third kappa shape index (κ3) is 5.13. The number of amides is 2. The van der Waals surface area contributed by atoms with Gasteiger partial charge in [0, 0.05) is 67.5 Å². The highest BCUT2D eigenvalue weighted by molar-refractivity contribution is 6.02. The Hall–Kier alpha value is -4.90. The van der Waals surface area contributed by atoms with Gasteiger partial charge in [-0.25, -0.2) is 4.98 Å². The molecule has 7 rings (SSSR count). The second kappa shape index (κ2) is 11.0. The summed E-state index contributed by atoms with van der Waals surface area (Å²) in [7, 11) is 0. The zero-order valence-corrected chi connectivity index (χ0v) is 24.0. The van der Waals surface area contributed by atoms with Crippen LogP contribution in [0.15, 0.2) is 55.0 Å². The first-order valence-electron chi connectivity index (χ1n) is 14.8. The average molecular weight is 594 g/mol.